The van der Waals surface area contributed by atoms with Crippen LogP contribution in [0.5, 0.6) is 0 Å². The Bertz CT molecular complexity index is 607. The van der Waals surface area contributed by atoms with Gasteiger partial charge in [-0.25, -0.2) is 8.42 Å². The van der Waals surface area contributed by atoms with Gasteiger partial charge in [-0.05, 0) is 35.2 Å². The van der Waals surface area contributed by atoms with Crippen molar-refractivity contribution in [1.82, 2.24) is 9.78 Å². The lowest BCUT2D eigenvalue weighted by atomic mass is 10.00. The molecule has 106 valence electrons. The lowest BCUT2D eigenvalue weighted by Crippen LogP contribution is -2.14. The number of sulfone groups is 1. The van der Waals surface area contributed by atoms with Crippen LogP contribution in [0.15, 0.2) is 4.47 Å². The molecule has 1 aliphatic rings. The topological polar surface area (TPSA) is 69.0 Å². The van der Waals surface area contributed by atoms with Crippen molar-refractivity contribution >= 4 is 31.6 Å². The molecule has 2 rings (SSSR count). The number of carbonyl (C=O) groups is 1. The zero-order valence-electron chi connectivity index (χ0n) is 11.0. The third kappa shape index (κ3) is 3.45. The lowest BCUT2D eigenvalue weighted by Gasteiger charge is -2.07. The van der Waals surface area contributed by atoms with Crippen molar-refractivity contribution < 1.29 is 13.2 Å². The van der Waals surface area contributed by atoms with E-state index in [2.05, 4.69) is 21.0 Å². The van der Waals surface area contributed by atoms with Gasteiger partial charge in [0.25, 0.3) is 0 Å². The Morgan fingerprint density at radius 2 is 2.21 bits per heavy atom. The van der Waals surface area contributed by atoms with Gasteiger partial charge in [0, 0.05) is 19.9 Å². The molecule has 1 aromatic rings. The molecule has 0 radical (unpaired) electrons. The Morgan fingerprint density at radius 3 is 2.68 bits per heavy atom. The van der Waals surface area contributed by atoms with Crippen LogP contribution >= 0.6 is 15.9 Å². The molecule has 0 aromatic carbocycles. The minimum Gasteiger partial charge on any atom is -0.299 e. The van der Waals surface area contributed by atoms with Gasteiger partial charge in [-0.1, -0.05) is 0 Å². The Balaban J connectivity index is 1.99. The van der Waals surface area contributed by atoms with E-state index in [1.807, 2.05) is 6.92 Å². The molecule has 0 saturated carbocycles. The Kier molecular flexibility index (Phi) is 4.15. The van der Waals surface area contributed by atoms with Gasteiger partial charge in [-0.3, -0.25) is 9.48 Å². The SMILES string of the molecule is Cc1nn(C)c(CC(=O)CC2CCS(=O)(=O)C2)c1Br. The van der Waals surface area contributed by atoms with Gasteiger partial charge in [0.15, 0.2) is 9.84 Å². The Labute approximate surface area is 121 Å². The standard InChI is InChI=1S/C12H17BrN2O3S/c1-8-12(13)11(15(2)14-8)6-10(16)5-9-3-4-19(17,18)7-9/h9H,3-7H2,1-2H3. The summed E-state index contributed by atoms with van der Waals surface area (Å²) < 4.78 is 25.3. The summed E-state index contributed by atoms with van der Waals surface area (Å²) in [6.45, 7) is 1.88. The molecule has 1 aliphatic heterocycles. The van der Waals surface area contributed by atoms with Crippen molar-refractivity contribution in [2.75, 3.05) is 11.5 Å². The monoisotopic (exact) mass is 348 g/mol. The van der Waals surface area contributed by atoms with Crippen LogP contribution in [-0.2, 0) is 28.1 Å². The summed E-state index contributed by atoms with van der Waals surface area (Å²) in [7, 11) is -1.10. The zero-order valence-corrected chi connectivity index (χ0v) is 13.4. The smallest absolute Gasteiger partial charge is 0.150 e. The number of aromatic nitrogens is 2. The van der Waals surface area contributed by atoms with Gasteiger partial charge in [-0.15, -0.1) is 0 Å². The van der Waals surface area contributed by atoms with E-state index in [9.17, 15) is 13.2 Å². The highest BCUT2D eigenvalue weighted by Crippen LogP contribution is 2.25. The van der Waals surface area contributed by atoms with E-state index < -0.39 is 9.84 Å². The molecule has 5 nitrogen and oxygen atoms in total. The number of hydrogen-bond acceptors (Lipinski definition) is 4. The highest BCUT2D eigenvalue weighted by molar-refractivity contribution is 9.10. The molecule has 1 aromatic heterocycles. The van der Waals surface area contributed by atoms with Crippen LogP contribution in [0, 0.1) is 12.8 Å². The number of aryl methyl sites for hydroxylation is 2. The van der Waals surface area contributed by atoms with Crippen molar-refractivity contribution in [2.24, 2.45) is 13.0 Å². The second-order valence-electron chi connectivity index (χ2n) is 5.16. The summed E-state index contributed by atoms with van der Waals surface area (Å²) in [5.74, 6) is 0.445. The normalized spacial score (nSPS) is 21.7. The van der Waals surface area contributed by atoms with Crippen molar-refractivity contribution in [3.05, 3.63) is 15.9 Å². The van der Waals surface area contributed by atoms with Crippen LogP contribution in [0.25, 0.3) is 0 Å². The first kappa shape index (κ1) is 14.7. The molecule has 0 spiro atoms. The molecule has 0 bridgehead atoms. The Morgan fingerprint density at radius 1 is 1.53 bits per heavy atom. The largest absolute Gasteiger partial charge is 0.299 e. The zero-order chi connectivity index (χ0) is 14.2. The molecule has 0 N–H and O–H groups in total. The molecule has 1 fully saturated rings. The second-order valence-corrected chi connectivity index (χ2v) is 8.18. The number of rotatable bonds is 4. The highest BCUT2D eigenvalue weighted by Gasteiger charge is 2.29. The highest BCUT2D eigenvalue weighted by atomic mass is 79.9. The van der Waals surface area contributed by atoms with E-state index in [1.54, 1.807) is 11.7 Å². The minimum atomic E-state index is -2.91. The van der Waals surface area contributed by atoms with Crippen molar-refractivity contribution in [3.63, 3.8) is 0 Å². The van der Waals surface area contributed by atoms with Gasteiger partial charge >= 0.3 is 0 Å². The number of ketones is 1. The molecule has 1 unspecified atom stereocenters. The molecule has 2 heterocycles. The van der Waals surface area contributed by atoms with Gasteiger partial charge in [0.2, 0.25) is 0 Å². The van der Waals surface area contributed by atoms with Crippen molar-refractivity contribution in [2.45, 2.75) is 26.2 Å². The summed E-state index contributed by atoms with van der Waals surface area (Å²) in [6.07, 6.45) is 1.25. The van der Waals surface area contributed by atoms with Crippen LogP contribution in [0.1, 0.15) is 24.2 Å². The molecule has 7 heteroatoms. The van der Waals surface area contributed by atoms with E-state index in [0.717, 1.165) is 15.9 Å². The van der Waals surface area contributed by atoms with Crippen LogP contribution < -0.4 is 0 Å². The number of halogens is 1. The summed E-state index contributed by atoms with van der Waals surface area (Å²) in [4.78, 5) is 12.0. The molecular weight excluding hydrogens is 332 g/mol. The average Bonchev–Trinajstić information content (AvgIpc) is 2.74. The first-order chi connectivity index (χ1) is 8.78. The van der Waals surface area contributed by atoms with Crippen LogP contribution in [0.4, 0.5) is 0 Å². The summed E-state index contributed by atoms with van der Waals surface area (Å²) in [5, 5.41) is 4.24. The number of Topliss-reactive ketones (excluding diaryl/α,β-unsaturated/α-hetero) is 1. The van der Waals surface area contributed by atoms with Gasteiger partial charge in [0.05, 0.1) is 27.4 Å². The van der Waals surface area contributed by atoms with E-state index in [-0.39, 0.29) is 23.2 Å². The van der Waals surface area contributed by atoms with Crippen LogP contribution in [0.2, 0.25) is 0 Å². The fourth-order valence-electron chi connectivity index (χ4n) is 2.49. The van der Waals surface area contributed by atoms with Crippen LogP contribution in [-0.4, -0.2) is 35.5 Å². The maximum absolute atomic E-state index is 12.0. The quantitative estimate of drug-likeness (QED) is 0.825. The number of nitrogens with zero attached hydrogens (tertiary/aromatic N) is 2. The molecule has 19 heavy (non-hydrogen) atoms. The first-order valence-corrected chi connectivity index (χ1v) is 8.80. The lowest BCUT2D eigenvalue weighted by molar-refractivity contribution is -0.119. The fourth-order valence-corrected chi connectivity index (χ4v) is 4.82. The molecule has 0 aliphatic carbocycles. The maximum Gasteiger partial charge on any atom is 0.150 e. The summed E-state index contributed by atoms with van der Waals surface area (Å²) >= 11 is 3.43. The van der Waals surface area contributed by atoms with Gasteiger partial charge in [0.1, 0.15) is 5.78 Å². The Hall–Kier alpha value is -0.690. The third-order valence-electron chi connectivity index (χ3n) is 3.47. The van der Waals surface area contributed by atoms with E-state index in [4.69, 9.17) is 0 Å². The van der Waals surface area contributed by atoms with Crippen LogP contribution in [0.3, 0.4) is 0 Å². The summed E-state index contributed by atoms with van der Waals surface area (Å²) in [6, 6.07) is 0. The molecule has 1 atom stereocenters. The maximum atomic E-state index is 12.0. The second kappa shape index (κ2) is 5.36. The van der Waals surface area contributed by atoms with Gasteiger partial charge < -0.3 is 0 Å². The fraction of sp³-hybridized carbons (Fsp3) is 0.667. The summed E-state index contributed by atoms with van der Waals surface area (Å²) in [5.41, 5.74) is 1.71. The number of hydrogen-bond donors (Lipinski definition) is 0. The van der Waals surface area contributed by atoms with E-state index >= 15 is 0 Å². The van der Waals surface area contributed by atoms with E-state index in [0.29, 0.717) is 19.3 Å². The predicted octanol–water partition coefficient (Wildman–Crippen LogP) is 1.43. The minimum absolute atomic E-state index is 0.00870. The molecular formula is C12H17BrN2O3S. The average molecular weight is 349 g/mol. The van der Waals surface area contributed by atoms with E-state index in [1.165, 1.54) is 0 Å². The van der Waals surface area contributed by atoms with Gasteiger partial charge in [-0.2, -0.15) is 5.10 Å². The third-order valence-corrected chi connectivity index (χ3v) is 6.34. The molecule has 0 amide bonds. The number of carbonyl (C=O) groups excluding carboxylic acids is 1. The first-order valence-electron chi connectivity index (χ1n) is 6.18. The predicted molar refractivity (Wildman–Crippen MR) is 75.7 cm³/mol. The van der Waals surface area contributed by atoms with Crippen molar-refractivity contribution in [3.8, 4) is 0 Å². The van der Waals surface area contributed by atoms with Crippen molar-refractivity contribution in [1.29, 1.82) is 0 Å². The molecule has 1 saturated heterocycles.